The van der Waals surface area contributed by atoms with Crippen LogP contribution in [0.5, 0.6) is 28.7 Å². The van der Waals surface area contributed by atoms with Gasteiger partial charge < -0.3 is 25.5 Å². The van der Waals surface area contributed by atoms with Crippen molar-refractivity contribution in [1.29, 1.82) is 0 Å². The normalized spacial score (nSPS) is 11.7. The van der Waals surface area contributed by atoms with Gasteiger partial charge in [0.2, 0.25) is 0 Å². The van der Waals surface area contributed by atoms with Crippen LogP contribution in [0.25, 0.3) is 10.8 Å². The van der Waals surface area contributed by atoms with Gasteiger partial charge in [-0.25, -0.2) is 8.78 Å². The first-order chi connectivity index (χ1) is 28.7. The van der Waals surface area contributed by atoms with Crippen molar-refractivity contribution in [2.75, 3.05) is 0 Å². The number of hydrogen-bond acceptors (Lipinski definition) is 5. The first-order valence-electron chi connectivity index (χ1n) is 20.8. The Hall–Kier alpha value is -4.98. The van der Waals surface area contributed by atoms with Crippen LogP contribution in [0.4, 0.5) is 8.78 Å². The third-order valence-corrected chi connectivity index (χ3v) is 10.3. The fourth-order valence-electron chi connectivity index (χ4n) is 6.60. The summed E-state index contributed by atoms with van der Waals surface area (Å²) in [4.78, 5) is 0. The summed E-state index contributed by atoms with van der Waals surface area (Å²) in [6.07, 6.45) is 0. The summed E-state index contributed by atoms with van der Waals surface area (Å²) in [6, 6.07) is 30.5. The van der Waals surface area contributed by atoms with Gasteiger partial charge >= 0.3 is 0 Å². The molecule has 5 N–H and O–H groups in total. The van der Waals surface area contributed by atoms with Gasteiger partial charge in [0.05, 0.1) is 0 Å². The van der Waals surface area contributed by atoms with E-state index in [1.54, 1.807) is 36.4 Å². The number of aromatic hydroxyl groups is 5. The number of phenolic OH excluding ortho intramolecular Hbond substituents is 5. The molecule has 0 saturated carbocycles. The van der Waals surface area contributed by atoms with E-state index in [1.165, 1.54) is 47.3 Å². The Labute approximate surface area is 385 Å². The number of benzene rings is 6. The van der Waals surface area contributed by atoms with Gasteiger partial charge in [-0.2, -0.15) is 0 Å². The minimum atomic E-state index is -0.352. The predicted octanol–water partition coefficient (Wildman–Crippen LogP) is 16.2. The lowest BCUT2D eigenvalue weighted by Gasteiger charge is -2.21. The highest BCUT2D eigenvalue weighted by atomic mass is 35.5. The van der Waals surface area contributed by atoms with Crippen LogP contribution in [0.15, 0.2) is 109 Å². The average molecular weight is 906 g/mol. The molecule has 0 aromatic heterocycles. The van der Waals surface area contributed by atoms with Gasteiger partial charge in [0, 0.05) is 21.2 Å². The standard InChI is InChI=1S/C14H16O.2C10H13ClO.2C10H13FO/c1-14(2,3)13-9-11(15)8-10-6-4-5-7-12(10)13;1-10(2,3)8-6-7(12)4-5-9(8)11;1-10(2,3)9-7(11)5-4-6-8(9)12;1-10(2,3)8-6-7(12)4-5-9(8)11;1-10(2,3)9-7(11)5-4-6-8(9)12/h4-9,15H,1-3H3;4*4-6,12H,1-3H3. The number of phenols is 5. The van der Waals surface area contributed by atoms with Crippen LogP contribution in [0.2, 0.25) is 10.0 Å². The highest BCUT2D eigenvalue weighted by Crippen LogP contribution is 2.37. The van der Waals surface area contributed by atoms with Crippen LogP contribution in [0.3, 0.4) is 0 Å². The van der Waals surface area contributed by atoms with Crippen LogP contribution < -0.4 is 0 Å². The van der Waals surface area contributed by atoms with E-state index in [-0.39, 0.29) is 61.7 Å². The van der Waals surface area contributed by atoms with E-state index in [0.29, 0.717) is 26.9 Å². The molecule has 0 unspecified atom stereocenters. The third kappa shape index (κ3) is 16.6. The highest BCUT2D eigenvalue weighted by molar-refractivity contribution is 6.32. The molecule has 0 saturated heterocycles. The fraction of sp³-hybridized carbons (Fsp3) is 0.370. The van der Waals surface area contributed by atoms with Gasteiger partial charge in [0.1, 0.15) is 40.4 Å². The zero-order chi connectivity index (χ0) is 48.5. The molecule has 0 aliphatic carbocycles. The number of halogens is 4. The summed E-state index contributed by atoms with van der Waals surface area (Å²) in [5, 5.41) is 50.6. The van der Waals surface area contributed by atoms with E-state index in [1.807, 2.05) is 92.6 Å². The molecule has 5 nitrogen and oxygen atoms in total. The van der Waals surface area contributed by atoms with Crippen molar-refractivity contribution in [2.24, 2.45) is 0 Å². The molecular formula is C54H68Cl2F2O5. The molecular weight excluding hydrogens is 837 g/mol. The molecule has 0 heterocycles. The summed E-state index contributed by atoms with van der Waals surface area (Å²) >= 11 is 11.9. The number of fused-ring (bicyclic) bond motifs is 1. The lowest BCUT2D eigenvalue weighted by molar-refractivity contribution is 0.429. The van der Waals surface area contributed by atoms with E-state index in [9.17, 15) is 29.2 Å². The molecule has 0 radical (unpaired) electrons. The largest absolute Gasteiger partial charge is 0.508 e. The highest BCUT2D eigenvalue weighted by Gasteiger charge is 2.23. The first-order valence-corrected chi connectivity index (χ1v) is 21.6. The second-order valence-corrected chi connectivity index (χ2v) is 21.4. The zero-order valence-electron chi connectivity index (χ0n) is 39.6. The number of hydrogen-bond donors (Lipinski definition) is 5. The van der Waals surface area contributed by atoms with Crippen molar-refractivity contribution < 1.29 is 34.3 Å². The molecule has 0 spiro atoms. The van der Waals surface area contributed by atoms with Crippen molar-refractivity contribution in [3.8, 4) is 28.7 Å². The van der Waals surface area contributed by atoms with Gasteiger partial charge in [-0.15, -0.1) is 0 Å². The topological polar surface area (TPSA) is 101 Å². The molecule has 0 atom stereocenters. The second kappa shape index (κ2) is 21.6. The minimum Gasteiger partial charge on any atom is -0.508 e. The molecule has 6 aromatic carbocycles. The Balaban J connectivity index is 0.000000272. The molecule has 0 amide bonds. The predicted molar refractivity (Wildman–Crippen MR) is 261 cm³/mol. The van der Waals surface area contributed by atoms with Gasteiger partial charge in [0.15, 0.2) is 0 Å². The van der Waals surface area contributed by atoms with Crippen LogP contribution in [0.1, 0.15) is 132 Å². The van der Waals surface area contributed by atoms with Crippen LogP contribution in [-0.4, -0.2) is 25.5 Å². The van der Waals surface area contributed by atoms with Crippen LogP contribution >= 0.6 is 23.2 Å². The Kier molecular flexibility index (Phi) is 18.6. The Morgan fingerprint density at radius 3 is 1.22 bits per heavy atom. The van der Waals surface area contributed by atoms with Crippen molar-refractivity contribution in [3.05, 3.63) is 159 Å². The monoisotopic (exact) mass is 904 g/mol. The Bertz CT molecular complexity index is 2260. The summed E-state index contributed by atoms with van der Waals surface area (Å²) < 4.78 is 26.3. The minimum absolute atomic E-state index is 0.0180. The van der Waals surface area contributed by atoms with Crippen molar-refractivity contribution in [1.82, 2.24) is 0 Å². The van der Waals surface area contributed by atoms with E-state index in [4.69, 9.17) is 28.3 Å². The Morgan fingerprint density at radius 2 is 0.810 bits per heavy atom. The number of rotatable bonds is 0. The van der Waals surface area contributed by atoms with Crippen molar-refractivity contribution in [2.45, 2.75) is 131 Å². The van der Waals surface area contributed by atoms with Gasteiger partial charge in [-0.1, -0.05) is 163 Å². The molecule has 63 heavy (non-hydrogen) atoms. The Morgan fingerprint density at radius 1 is 0.365 bits per heavy atom. The summed E-state index contributed by atoms with van der Waals surface area (Å²) in [6.45, 7) is 30.1. The van der Waals surface area contributed by atoms with E-state index in [2.05, 4.69) is 47.6 Å². The molecule has 0 aliphatic rings. The van der Waals surface area contributed by atoms with Crippen molar-refractivity contribution >= 4 is 34.0 Å². The average Bonchev–Trinajstić information content (AvgIpc) is 3.12. The zero-order valence-corrected chi connectivity index (χ0v) is 41.2. The SMILES string of the molecule is CC(C)(C)c1c(O)cccc1Cl.CC(C)(C)c1c(O)cccc1F.CC(C)(C)c1cc(O)cc2ccccc12.CC(C)(C)c1cc(O)ccc1Cl.CC(C)(C)c1cc(O)ccc1F. The molecule has 0 fully saturated rings. The van der Waals surface area contributed by atoms with E-state index in [0.717, 1.165) is 16.5 Å². The lowest BCUT2D eigenvalue weighted by Crippen LogP contribution is -2.13. The molecule has 0 aliphatic heterocycles. The quantitative estimate of drug-likeness (QED) is 0.105. The van der Waals surface area contributed by atoms with Crippen LogP contribution in [-0.2, 0) is 27.1 Å². The molecule has 0 bridgehead atoms. The molecule has 342 valence electrons. The second-order valence-electron chi connectivity index (χ2n) is 20.6. The van der Waals surface area contributed by atoms with E-state index < -0.39 is 0 Å². The first kappa shape index (κ1) is 54.2. The van der Waals surface area contributed by atoms with Gasteiger partial charge in [-0.05, 0) is 127 Å². The maximum Gasteiger partial charge on any atom is 0.130 e. The maximum atomic E-state index is 13.2. The summed E-state index contributed by atoms with van der Waals surface area (Å²) in [7, 11) is 0. The molecule has 6 rings (SSSR count). The lowest BCUT2D eigenvalue weighted by atomic mass is 9.83. The smallest absolute Gasteiger partial charge is 0.130 e. The van der Waals surface area contributed by atoms with E-state index >= 15 is 0 Å². The molecule has 9 heteroatoms. The van der Waals surface area contributed by atoms with Crippen molar-refractivity contribution in [3.63, 3.8) is 0 Å². The summed E-state index contributed by atoms with van der Waals surface area (Å²) in [5.41, 5.74) is 3.22. The third-order valence-electron chi connectivity index (χ3n) is 9.65. The van der Waals surface area contributed by atoms with Gasteiger partial charge in [0.25, 0.3) is 0 Å². The molecule has 6 aromatic rings. The summed E-state index contributed by atoms with van der Waals surface area (Å²) in [5.74, 6) is 0.421. The fourth-order valence-corrected chi connectivity index (χ4v) is 7.46. The maximum absolute atomic E-state index is 13.2. The van der Waals surface area contributed by atoms with Gasteiger partial charge in [-0.3, -0.25) is 0 Å². The van der Waals surface area contributed by atoms with Crippen LogP contribution in [0, 0.1) is 11.6 Å².